The van der Waals surface area contributed by atoms with Crippen molar-refractivity contribution in [2.45, 2.75) is 19.4 Å². The number of benzene rings is 1. The van der Waals surface area contributed by atoms with Crippen LogP contribution in [-0.4, -0.2) is 28.8 Å². The Morgan fingerprint density at radius 3 is 2.78 bits per heavy atom. The number of piperidine rings is 1. The van der Waals surface area contributed by atoms with E-state index in [0.717, 1.165) is 18.6 Å². The van der Waals surface area contributed by atoms with Crippen LogP contribution in [-0.2, 0) is 17.4 Å². The van der Waals surface area contributed by atoms with Crippen molar-refractivity contribution in [3.05, 3.63) is 29.7 Å². The zero-order chi connectivity index (χ0) is 16.4. The van der Waals surface area contributed by atoms with Gasteiger partial charge in [0.25, 0.3) is 0 Å². The summed E-state index contributed by atoms with van der Waals surface area (Å²) in [6.45, 7) is 5.61. The smallest absolute Gasteiger partial charge is 0.224 e. The van der Waals surface area contributed by atoms with E-state index in [9.17, 15) is 9.18 Å². The molecule has 4 rings (SSSR count). The summed E-state index contributed by atoms with van der Waals surface area (Å²) in [5.41, 5.74) is 0.587. The molecule has 5 nitrogen and oxygen atoms in total. The number of hydrogen-bond donors (Lipinski definition) is 2. The average molecular weight is 316 g/mol. The number of aryl methyl sites for hydroxylation is 1. The summed E-state index contributed by atoms with van der Waals surface area (Å²) in [7, 11) is 1.79. The Morgan fingerprint density at radius 2 is 2.09 bits per heavy atom. The second kappa shape index (κ2) is 4.77. The van der Waals surface area contributed by atoms with Gasteiger partial charge in [0.05, 0.1) is 22.1 Å². The van der Waals surface area contributed by atoms with Gasteiger partial charge in [0.15, 0.2) is 0 Å². The van der Waals surface area contributed by atoms with E-state index >= 15 is 0 Å². The fraction of sp³-hybridized carbons (Fsp3) is 0.529. The Hall–Kier alpha value is -1.95. The van der Waals surface area contributed by atoms with Crippen LogP contribution >= 0.6 is 0 Å². The maximum Gasteiger partial charge on any atom is 0.224 e. The van der Waals surface area contributed by atoms with Gasteiger partial charge >= 0.3 is 0 Å². The Bertz CT molecular complexity index is 787. The van der Waals surface area contributed by atoms with Gasteiger partial charge in [-0.3, -0.25) is 9.48 Å². The summed E-state index contributed by atoms with van der Waals surface area (Å²) in [5, 5.41) is 11.3. The normalized spacial score (nSPS) is 26.3. The molecule has 0 spiro atoms. The van der Waals surface area contributed by atoms with E-state index in [1.54, 1.807) is 17.8 Å². The van der Waals surface area contributed by atoms with Crippen molar-refractivity contribution < 1.29 is 9.18 Å². The van der Waals surface area contributed by atoms with Gasteiger partial charge in [-0.2, -0.15) is 5.10 Å². The fourth-order valence-electron chi connectivity index (χ4n) is 3.97. The first-order valence-corrected chi connectivity index (χ1v) is 8.04. The Balaban J connectivity index is 1.65. The number of nitrogens with zero attached hydrogens (tertiary/aromatic N) is 2. The van der Waals surface area contributed by atoms with E-state index in [1.165, 1.54) is 6.07 Å². The molecule has 1 aromatic heterocycles. The molecule has 2 heterocycles. The van der Waals surface area contributed by atoms with E-state index in [0.29, 0.717) is 22.9 Å². The molecule has 2 aliphatic rings. The second-order valence-corrected chi connectivity index (χ2v) is 7.23. The number of aromatic nitrogens is 2. The van der Waals surface area contributed by atoms with E-state index in [4.69, 9.17) is 0 Å². The Labute approximate surface area is 134 Å². The van der Waals surface area contributed by atoms with Crippen LogP contribution in [0, 0.1) is 23.6 Å². The van der Waals surface area contributed by atoms with Gasteiger partial charge in [0.2, 0.25) is 5.91 Å². The minimum atomic E-state index is -0.719. The molecule has 1 saturated carbocycles. The van der Waals surface area contributed by atoms with Crippen LogP contribution in [0.15, 0.2) is 18.2 Å². The second-order valence-electron chi connectivity index (χ2n) is 7.23. The first-order valence-electron chi connectivity index (χ1n) is 8.04. The van der Waals surface area contributed by atoms with Crippen molar-refractivity contribution in [2.24, 2.45) is 24.8 Å². The van der Waals surface area contributed by atoms with E-state index in [-0.39, 0.29) is 17.6 Å². The predicted octanol–water partition coefficient (Wildman–Crippen LogP) is 1.53. The third kappa shape index (κ3) is 2.16. The lowest BCUT2D eigenvalue weighted by molar-refractivity contribution is -0.124. The molecule has 0 bridgehead atoms. The fourth-order valence-corrected chi connectivity index (χ4v) is 3.97. The molecule has 2 fully saturated rings. The summed E-state index contributed by atoms with van der Waals surface area (Å²) in [6.07, 6.45) is 0. The SMILES string of the molecule is Cn1nc(C(C)(C)NC(=O)C2C3CNC[C@H]32)c2c(F)cccc21. The summed E-state index contributed by atoms with van der Waals surface area (Å²) in [4.78, 5) is 12.6. The number of nitrogens with one attached hydrogen (secondary N) is 2. The lowest BCUT2D eigenvalue weighted by Gasteiger charge is -2.25. The van der Waals surface area contributed by atoms with Crippen molar-refractivity contribution >= 4 is 16.8 Å². The minimum Gasteiger partial charge on any atom is -0.345 e. The molecule has 3 atom stereocenters. The lowest BCUT2D eigenvalue weighted by atomic mass is 9.96. The summed E-state index contributed by atoms with van der Waals surface area (Å²) in [5.74, 6) is 0.767. The van der Waals surface area contributed by atoms with Gasteiger partial charge in [-0.05, 0) is 50.9 Å². The van der Waals surface area contributed by atoms with E-state index in [1.807, 2.05) is 19.9 Å². The molecule has 2 N–H and O–H groups in total. The van der Waals surface area contributed by atoms with Crippen LogP contribution in [0.5, 0.6) is 0 Å². The Kier molecular flexibility index (Phi) is 3.04. The third-order valence-electron chi connectivity index (χ3n) is 5.25. The summed E-state index contributed by atoms with van der Waals surface area (Å²) < 4.78 is 16.0. The van der Waals surface area contributed by atoms with Gasteiger partial charge in [-0.15, -0.1) is 0 Å². The minimum absolute atomic E-state index is 0.0571. The third-order valence-corrected chi connectivity index (χ3v) is 5.25. The van der Waals surface area contributed by atoms with Crippen LogP contribution in [0.25, 0.3) is 10.9 Å². The van der Waals surface area contributed by atoms with Crippen molar-refractivity contribution in [1.29, 1.82) is 0 Å². The quantitative estimate of drug-likeness (QED) is 0.903. The number of halogens is 1. The molecular weight excluding hydrogens is 295 g/mol. The van der Waals surface area contributed by atoms with Gasteiger partial charge in [-0.1, -0.05) is 6.07 Å². The zero-order valence-corrected chi connectivity index (χ0v) is 13.6. The molecule has 1 amide bonds. The van der Waals surface area contributed by atoms with Crippen molar-refractivity contribution in [3.63, 3.8) is 0 Å². The molecule has 1 aliphatic heterocycles. The maximum absolute atomic E-state index is 14.3. The molecule has 6 heteroatoms. The summed E-state index contributed by atoms with van der Waals surface area (Å²) >= 11 is 0. The van der Waals surface area contributed by atoms with Gasteiger partial charge in [0.1, 0.15) is 5.82 Å². The first kappa shape index (κ1) is 14.6. The molecule has 1 saturated heterocycles. The Morgan fingerprint density at radius 1 is 1.39 bits per heavy atom. The lowest BCUT2D eigenvalue weighted by Crippen LogP contribution is -2.43. The molecular formula is C17H21FN4O. The molecule has 1 aromatic carbocycles. The highest BCUT2D eigenvalue weighted by molar-refractivity contribution is 5.86. The van der Waals surface area contributed by atoms with Crippen LogP contribution in [0.1, 0.15) is 19.5 Å². The molecule has 2 unspecified atom stereocenters. The first-order chi connectivity index (χ1) is 10.9. The van der Waals surface area contributed by atoms with E-state index in [2.05, 4.69) is 15.7 Å². The van der Waals surface area contributed by atoms with Gasteiger partial charge in [-0.25, -0.2) is 4.39 Å². The molecule has 23 heavy (non-hydrogen) atoms. The van der Waals surface area contributed by atoms with Gasteiger partial charge in [0, 0.05) is 13.0 Å². The van der Waals surface area contributed by atoms with Crippen molar-refractivity contribution in [3.8, 4) is 0 Å². The highest BCUT2D eigenvalue weighted by atomic mass is 19.1. The highest BCUT2D eigenvalue weighted by Gasteiger charge is 2.57. The molecule has 0 radical (unpaired) electrons. The van der Waals surface area contributed by atoms with Crippen molar-refractivity contribution in [1.82, 2.24) is 20.4 Å². The monoisotopic (exact) mass is 316 g/mol. The maximum atomic E-state index is 14.3. The largest absolute Gasteiger partial charge is 0.345 e. The number of carbonyl (C=O) groups excluding carboxylic acids is 1. The number of carbonyl (C=O) groups is 1. The number of amides is 1. The number of fused-ring (bicyclic) bond motifs is 2. The number of rotatable bonds is 3. The highest BCUT2D eigenvalue weighted by Crippen LogP contribution is 2.49. The van der Waals surface area contributed by atoms with Crippen LogP contribution < -0.4 is 10.6 Å². The van der Waals surface area contributed by atoms with Gasteiger partial charge < -0.3 is 10.6 Å². The van der Waals surface area contributed by atoms with E-state index < -0.39 is 5.54 Å². The topological polar surface area (TPSA) is 59.0 Å². The molecule has 1 aliphatic carbocycles. The van der Waals surface area contributed by atoms with Crippen LogP contribution in [0.3, 0.4) is 0 Å². The predicted molar refractivity (Wildman–Crippen MR) is 85.2 cm³/mol. The zero-order valence-electron chi connectivity index (χ0n) is 13.6. The van der Waals surface area contributed by atoms with Crippen molar-refractivity contribution in [2.75, 3.05) is 13.1 Å². The molecule has 122 valence electrons. The summed E-state index contributed by atoms with van der Waals surface area (Å²) in [6, 6.07) is 4.94. The number of hydrogen-bond acceptors (Lipinski definition) is 3. The molecule has 2 aromatic rings. The van der Waals surface area contributed by atoms with Crippen LogP contribution in [0.4, 0.5) is 4.39 Å². The average Bonchev–Trinajstić information content (AvgIpc) is 2.81. The standard InChI is InChI=1S/C17H21FN4O/c1-17(2,20-16(23)13-9-7-19-8-10(9)13)15-14-11(18)5-4-6-12(14)22(3)21-15/h4-6,9-10,13,19H,7-8H2,1-3H3,(H,20,23)/t9-,10?,13?/m1/s1. The van der Waals surface area contributed by atoms with Crippen LogP contribution in [0.2, 0.25) is 0 Å².